The lowest BCUT2D eigenvalue weighted by Crippen LogP contribution is -2.45. The average Bonchev–Trinajstić information content (AvgIpc) is 2.03. The zero-order chi connectivity index (χ0) is 7.23. The summed E-state index contributed by atoms with van der Waals surface area (Å²) in [6.45, 7) is 7.04. The molecule has 1 heterocycles. The molecule has 3 nitrogen and oxygen atoms in total. The first kappa shape index (κ1) is 7.98. The van der Waals surface area contributed by atoms with E-state index in [-0.39, 0.29) is 1.43 Å². The summed E-state index contributed by atoms with van der Waals surface area (Å²) in [5.41, 5.74) is 0. The van der Waals surface area contributed by atoms with Crippen LogP contribution in [-0.2, 0) is 0 Å². The third-order valence-corrected chi connectivity index (χ3v) is 1.89. The fraction of sp³-hybridized carbons (Fsp3) is 1.00. The molecular formula is C7H19N3. The molecule has 0 unspecified atom stereocenters. The lowest BCUT2D eigenvalue weighted by atomic mass is 10.3. The van der Waals surface area contributed by atoms with Gasteiger partial charge in [0.1, 0.15) is 0 Å². The lowest BCUT2D eigenvalue weighted by Gasteiger charge is -2.26. The van der Waals surface area contributed by atoms with Gasteiger partial charge in [0.2, 0.25) is 0 Å². The van der Waals surface area contributed by atoms with Crippen molar-refractivity contribution in [3.8, 4) is 0 Å². The molecule has 1 aliphatic heterocycles. The van der Waals surface area contributed by atoms with Crippen molar-refractivity contribution in [2.45, 2.75) is 0 Å². The first-order chi connectivity index (χ1) is 4.93. The largest absolute Gasteiger partial charge is 0.318 e. The van der Waals surface area contributed by atoms with Crippen LogP contribution in [0.3, 0.4) is 0 Å². The van der Waals surface area contributed by atoms with Crippen LogP contribution in [0.15, 0.2) is 0 Å². The zero-order valence-electron chi connectivity index (χ0n) is 6.69. The van der Waals surface area contributed by atoms with Gasteiger partial charge in [-0.25, -0.2) is 0 Å². The van der Waals surface area contributed by atoms with Crippen molar-refractivity contribution in [2.24, 2.45) is 0 Å². The summed E-state index contributed by atoms with van der Waals surface area (Å²) in [5, 5.41) is 6.48. The Morgan fingerprint density at radius 2 is 2.20 bits per heavy atom. The predicted molar refractivity (Wildman–Crippen MR) is 45.4 cm³/mol. The third-order valence-electron chi connectivity index (χ3n) is 1.89. The van der Waals surface area contributed by atoms with Crippen LogP contribution in [0.5, 0.6) is 0 Å². The fourth-order valence-electron chi connectivity index (χ4n) is 1.20. The van der Waals surface area contributed by atoms with Crippen LogP contribution in [0.1, 0.15) is 1.43 Å². The minimum atomic E-state index is 0. The molecule has 0 aromatic carbocycles. The molecule has 0 aromatic rings. The molecule has 0 spiro atoms. The smallest absolute Gasteiger partial charge is 0.0108 e. The molecule has 0 radical (unpaired) electrons. The molecule has 0 saturated carbocycles. The Kier molecular flexibility index (Phi) is 3.72. The molecular weight excluding hydrogens is 126 g/mol. The molecule has 0 amide bonds. The summed E-state index contributed by atoms with van der Waals surface area (Å²) in [7, 11) is 2.00. The van der Waals surface area contributed by atoms with Crippen LogP contribution in [0.25, 0.3) is 0 Å². The van der Waals surface area contributed by atoms with Crippen LogP contribution >= 0.6 is 0 Å². The van der Waals surface area contributed by atoms with Gasteiger partial charge in [0, 0.05) is 40.7 Å². The molecule has 2 N–H and O–H groups in total. The van der Waals surface area contributed by atoms with Crippen molar-refractivity contribution in [3.63, 3.8) is 0 Å². The molecule has 62 valence electrons. The van der Waals surface area contributed by atoms with E-state index in [0.717, 1.165) is 19.6 Å². The Morgan fingerprint density at radius 3 is 2.80 bits per heavy atom. The van der Waals surface area contributed by atoms with Crippen LogP contribution in [0, 0.1) is 0 Å². The first-order valence-corrected chi connectivity index (χ1v) is 4.01. The molecule has 1 rings (SSSR count). The molecule has 0 bridgehead atoms. The van der Waals surface area contributed by atoms with E-state index in [1.54, 1.807) is 0 Å². The molecule has 10 heavy (non-hydrogen) atoms. The molecule has 1 fully saturated rings. The van der Waals surface area contributed by atoms with E-state index in [9.17, 15) is 0 Å². The summed E-state index contributed by atoms with van der Waals surface area (Å²) in [6.07, 6.45) is 0. The maximum Gasteiger partial charge on any atom is 0.0108 e. The molecule has 1 aliphatic rings. The number of hydrogen-bond donors (Lipinski definition) is 2. The first-order valence-electron chi connectivity index (χ1n) is 4.01. The van der Waals surface area contributed by atoms with Gasteiger partial charge in [-0.1, -0.05) is 0 Å². The van der Waals surface area contributed by atoms with Crippen LogP contribution in [-0.4, -0.2) is 51.2 Å². The molecule has 1 saturated heterocycles. The fourth-order valence-corrected chi connectivity index (χ4v) is 1.20. The summed E-state index contributed by atoms with van der Waals surface area (Å²) in [4.78, 5) is 2.48. The highest BCUT2D eigenvalue weighted by Gasteiger charge is 2.06. The number of nitrogens with zero attached hydrogens (tertiary/aromatic N) is 1. The Hall–Kier alpha value is -0.120. The Morgan fingerprint density at radius 1 is 1.50 bits per heavy atom. The van der Waals surface area contributed by atoms with Crippen molar-refractivity contribution in [1.29, 1.82) is 0 Å². The highest BCUT2D eigenvalue weighted by Crippen LogP contribution is 1.88. The van der Waals surface area contributed by atoms with Gasteiger partial charge in [-0.2, -0.15) is 0 Å². The van der Waals surface area contributed by atoms with Crippen LogP contribution in [0.4, 0.5) is 0 Å². The quantitative estimate of drug-likeness (QED) is 0.553. The molecule has 3 heteroatoms. The maximum atomic E-state index is 3.33. The number of rotatable bonds is 3. The van der Waals surface area contributed by atoms with Gasteiger partial charge >= 0.3 is 0 Å². The van der Waals surface area contributed by atoms with Gasteiger partial charge in [-0.15, -0.1) is 0 Å². The maximum absolute atomic E-state index is 3.33. The SMILES string of the molecule is CNCCN1CCNCC1.[HH]. The van der Waals surface area contributed by atoms with Crippen LogP contribution < -0.4 is 10.6 Å². The summed E-state index contributed by atoms with van der Waals surface area (Å²) < 4.78 is 0. The minimum Gasteiger partial charge on any atom is -0.318 e. The lowest BCUT2D eigenvalue weighted by molar-refractivity contribution is 0.243. The second-order valence-electron chi connectivity index (χ2n) is 2.70. The highest BCUT2D eigenvalue weighted by atomic mass is 15.2. The molecule has 0 aliphatic carbocycles. The van der Waals surface area contributed by atoms with E-state index in [1.165, 1.54) is 19.6 Å². The van der Waals surface area contributed by atoms with Crippen molar-refractivity contribution < 1.29 is 1.43 Å². The van der Waals surface area contributed by atoms with E-state index < -0.39 is 0 Å². The predicted octanol–water partition coefficient (Wildman–Crippen LogP) is -0.643. The van der Waals surface area contributed by atoms with Gasteiger partial charge < -0.3 is 10.6 Å². The summed E-state index contributed by atoms with van der Waals surface area (Å²) in [5.74, 6) is 0. The number of likely N-dealkylation sites (N-methyl/N-ethyl adjacent to an activating group) is 1. The van der Waals surface area contributed by atoms with Crippen molar-refractivity contribution in [3.05, 3.63) is 0 Å². The van der Waals surface area contributed by atoms with E-state index in [2.05, 4.69) is 15.5 Å². The van der Waals surface area contributed by atoms with Gasteiger partial charge in [-0.3, -0.25) is 4.90 Å². The van der Waals surface area contributed by atoms with Crippen LogP contribution in [0.2, 0.25) is 0 Å². The highest BCUT2D eigenvalue weighted by molar-refractivity contribution is 4.67. The van der Waals surface area contributed by atoms with E-state index >= 15 is 0 Å². The van der Waals surface area contributed by atoms with Gasteiger partial charge in [-0.05, 0) is 7.05 Å². The topological polar surface area (TPSA) is 27.3 Å². The number of nitrogens with one attached hydrogen (secondary N) is 2. The second-order valence-corrected chi connectivity index (χ2v) is 2.70. The standard InChI is InChI=1S/C7H17N3.H2/c1-8-2-5-10-6-3-9-4-7-10;/h8-9H,2-7H2,1H3;1H. The van der Waals surface area contributed by atoms with Crippen molar-refractivity contribution in [1.82, 2.24) is 15.5 Å². The molecule has 0 aromatic heterocycles. The minimum absolute atomic E-state index is 0. The monoisotopic (exact) mass is 145 g/mol. The average molecular weight is 145 g/mol. The van der Waals surface area contributed by atoms with E-state index in [0.29, 0.717) is 0 Å². The summed E-state index contributed by atoms with van der Waals surface area (Å²) >= 11 is 0. The Balaban J connectivity index is 0.000001000. The van der Waals surface area contributed by atoms with Gasteiger partial charge in [0.25, 0.3) is 0 Å². The zero-order valence-corrected chi connectivity index (χ0v) is 6.69. The Labute approximate surface area is 64.3 Å². The van der Waals surface area contributed by atoms with E-state index in [4.69, 9.17) is 0 Å². The van der Waals surface area contributed by atoms with Gasteiger partial charge in [0.15, 0.2) is 0 Å². The number of piperazine rings is 1. The van der Waals surface area contributed by atoms with E-state index in [1.807, 2.05) is 7.05 Å². The number of hydrogen-bond acceptors (Lipinski definition) is 3. The van der Waals surface area contributed by atoms with Gasteiger partial charge in [0.05, 0.1) is 0 Å². The molecule has 0 atom stereocenters. The van der Waals surface area contributed by atoms with Crippen molar-refractivity contribution in [2.75, 3.05) is 46.3 Å². The third kappa shape index (κ3) is 2.64. The second kappa shape index (κ2) is 4.66. The normalized spacial score (nSPS) is 21.3. The van der Waals surface area contributed by atoms with Crippen molar-refractivity contribution >= 4 is 0 Å². The Bertz CT molecular complexity index is 83.8. The summed E-state index contributed by atoms with van der Waals surface area (Å²) in [6, 6.07) is 0.